The second-order valence-corrected chi connectivity index (χ2v) is 9.26. The number of carbonyl (C=O) groups is 1. The summed E-state index contributed by atoms with van der Waals surface area (Å²) in [6, 6.07) is 6.27. The molecule has 10 heteroatoms. The molecule has 5 rings (SSSR count). The van der Waals surface area contributed by atoms with E-state index in [1.807, 2.05) is 11.9 Å². The first-order valence-corrected chi connectivity index (χ1v) is 11.4. The summed E-state index contributed by atoms with van der Waals surface area (Å²) in [5.41, 5.74) is 0.0670. The molecule has 1 unspecified atom stereocenters. The van der Waals surface area contributed by atoms with Crippen molar-refractivity contribution < 1.29 is 24.5 Å². The molecule has 2 fully saturated rings. The van der Waals surface area contributed by atoms with Crippen molar-refractivity contribution in [3.05, 3.63) is 47.4 Å². The second-order valence-electron chi connectivity index (χ2n) is 9.26. The normalized spacial score (nSPS) is 23.2. The van der Waals surface area contributed by atoms with Crippen LogP contribution in [0.2, 0.25) is 0 Å². The maximum Gasteiger partial charge on any atom is 0.431 e. The largest absolute Gasteiger partial charge is 0.431 e. The minimum atomic E-state index is -4.38. The first kappa shape index (κ1) is 22.2. The lowest BCUT2D eigenvalue weighted by atomic mass is 9.81. The van der Waals surface area contributed by atoms with Crippen LogP contribution in [0.4, 0.5) is 19.0 Å². The molecule has 5 heterocycles. The van der Waals surface area contributed by atoms with Crippen LogP contribution in [-0.2, 0) is 18.3 Å². The number of hydrogen-bond donors (Lipinski definition) is 1. The van der Waals surface area contributed by atoms with Crippen molar-refractivity contribution in [2.75, 3.05) is 44.7 Å². The Morgan fingerprint density at radius 3 is 2.58 bits per heavy atom. The maximum absolute atomic E-state index is 13.5. The molecule has 33 heavy (non-hydrogen) atoms. The molecule has 1 spiro atoms. The van der Waals surface area contributed by atoms with Gasteiger partial charge in [-0.2, -0.15) is 13.2 Å². The Morgan fingerprint density at radius 1 is 1.15 bits per heavy atom. The summed E-state index contributed by atoms with van der Waals surface area (Å²) in [6.07, 6.45) is -1.40. The SMILES string of the molecule is CN1CCn2c(C(F)(F)F)ccc2C12CCN(C(=O)c1cccnc1N1CCC(O)C1)CC2.[HH]. The fraction of sp³-hybridized carbons (Fsp3) is 0.565. The fourth-order valence-electron chi connectivity index (χ4n) is 5.66. The second kappa shape index (κ2) is 8.02. The Bertz CT molecular complexity index is 1050. The van der Waals surface area contributed by atoms with E-state index in [0.717, 1.165) is 0 Å². The van der Waals surface area contributed by atoms with Crippen molar-refractivity contribution in [1.82, 2.24) is 19.4 Å². The van der Waals surface area contributed by atoms with E-state index >= 15 is 0 Å². The van der Waals surface area contributed by atoms with Crippen LogP contribution in [0.25, 0.3) is 0 Å². The lowest BCUT2D eigenvalue weighted by molar-refractivity contribution is -0.144. The molecule has 1 amide bonds. The van der Waals surface area contributed by atoms with E-state index in [1.54, 1.807) is 29.3 Å². The van der Waals surface area contributed by atoms with E-state index < -0.39 is 23.5 Å². The van der Waals surface area contributed by atoms with Gasteiger partial charge in [-0.15, -0.1) is 0 Å². The van der Waals surface area contributed by atoms with Gasteiger partial charge in [-0.1, -0.05) is 0 Å². The van der Waals surface area contributed by atoms with Gasteiger partial charge in [0.1, 0.15) is 11.5 Å². The van der Waals surface area contributed by atoms with E-state index in [0.29, 0.717) is 75.6 Å². The maximum atomic E-state index is 13.5. The Morgan fingerprint density at radius 2 is 1.91 bits per heavy atom. The molecule has 7 nitrogen and oxygen atoms in total. The van der Waals surface area contributed by atoms with Crippen LogP contribution in [0.1, 0.15) is 42.4 Å². The van der Waals surface area contributed by atoms with Gasteiger partial charge in [-0.05, 0) is 50.6 Å². The van der Waals surface area contributed by atoms with E-state index in [-0.39, 0.29) is 7.33 Å². The number of aliphatic hydroxyl groups excluding tert-OH is 1. The summed E-state index contributed by atoms with van der Waals surface area (Å²) in [5, 5.41) is 9.90. The molecule has 180 valence electrons. The van der Waals surface area contributed by atoms with Crippen molar-refractivity contribution >= 4 is 11.7 Å². The lowest BCUT2D eigenvalue weighted by Gasteiger charge is -2.50. The lowest BCUT2D eigenvalue weighted by Crippen LogP contribution is -2.56. The van der Waals surface area contributed by atoms with Gasteiger partial charge < -0.3 is 19.5 Å². The number of β-amino-alcohol motifs (C(OH)–C–C–N with tert-alkyl or cyclic N) is 1. The molecular weight excluding hydrogens is 435 g/mol. The molecule has 2 aromatic heterocycles. The molecular formula is C23H30F3N5O2. The third-order valence-corrected chi connectivity index (χ3v) is 7.50. The number of anilines is 1. The first-order chi connectivity index (χ1) is 15.7. The van der Waals surface area contributed by atoms with Gasteiger partial charge in [0.25, 0.3) is 5.91 Å². The van der Waals surface area contributed by atoms with Crippen LogP contribution in [-0.4, -0.2) is 76.2 Å². The van der Waals surface area contributed by atoms with Gasteiger partial charge in [0, 0.05) is 52.6 Å². The molecule has 2 saturated heterocycles. The number of aliphatic hydroxyl groups is 1. The average molecular weight is 466 g/mol. The molecule has 2 aromatic rings. The van der Waals surface area contributed by atoms with Crippen molar-refractivity contribution in [2.45, 2.75) is 43.6 Å². The molecule has 1 atom stereocenters. The quantitative estimate of drug-likeness (QED) is 0.739. The highest BCUT2D eigenvalue weighted by Gasteiger charge is 2.47. The summed E-state index contributed by atoms with van der Waals surface area (Å²) in [6.45, 7) is 2.83. The number of hydrogen-bond acceptors (Lipinski definition) is 5. The van der Waals surface area contributed by atoms with Crippen LogP contribution in [0.5, 0.6) is 0 Å². The predicted molar refractivity (Wildman–Crippen MR) is 118 cm³/mol. The molecule has 3 aliphatic heterocycles. The highest BCUT2D eigenvalue weighted by Crippen LogP contribution is 2.44. The zero-order chi connectivity index (χ0) is 23.4. The van der Waals surface area contributed by atoms with Crippen LogP contribution in [0.3, 0.4) is 0 Å². The Hall–Kier alpha value is -2.59. The van der Waals surface area contributed by atoms with Crippen LogP contribution in [0, 0.1) is 0 Å². The number of fused-ring (bicyclic) bond motifs is 2. The van der Waals surface area contributed by atoms with Crippen LogP contribution in [0.15, 0.2) is 30.5 Å². The van der Waals surface area contributed by atoms with Crippen molar-refractivity contribution in [2.24, 2.45) is 0 Å². The van der Waals surface area contributed by atoms with Gasteiger partial charge in [0.05, 0.1) is 17.2 Å². The number of aromatic nitrogens is 2. The van der Waals surface area contributed by atoms with E-state index in [4.69, 9.17) is 0 Å². The number of halogens is 3. The summed E-state index contributed by atoms with van der Waals surface area (Å²) < 4.78 is 41.9. The first-order valence-electron chi connectivity index (χ1n) is 11.4. The number of piperidine rings is 1. The molecule has 0 aromatic carbocycles. The monoisotopic (exact) mass is 465 g/mol. The number of nitrogens with zero attached hydrogens (tertiary/aromatic N) is 5. The summed E-state index contributed by atoms with van der Waals surface area (Å²) in [7, 11) is 1.96. The molecule has 3 aliphatic rings. The molecule has 0 bridgehead atoms. The average Bonchev–Trinajstić information content (AvgIpc) is 3.43. The summed E-state index contributed by atoms with van der Waals surface area (Å²) in [4.78, 5) is 23.7. The van der Waals surface area contributed by atoms with Gasteiger partial charge >= 0.3 is 6.18 Å². The molecule has 0 aliphatic carbocycles. The topological polar surface area (TPSA) is 64.8 Å². The van der Waals surface area contributed by atoms with E-state index in [2.05, 4.69) is 9.88 Å². The van der Waals surface area contributed by atoms with Gasteiger partial charge in [-0.3, -0.25) is 9.69 Å². The molecule has 0 radical (unpaired) electrons. The zero-order valence-corrected chi connectivity index (χ0v) is 18.6. The van der Waals surface area contributed by atoms with Gasteiger partial charge in [-0.25, -0.2) is 4.98 Å². The third-order valence-electron chi connectivity index (χ3n) is 7.50. The number of pyridine rings is 1. The standard InChI is InChI=1S/C23H28F3N5O2.H2/c1-28-13-14-31-18(4-5-19(31)23(24,25)26)22(28)7-11-29(12-8-22)21(33)17-3-2-9-27-20(17)30-10-6-16(32)15-30;/h2-5,9,16,32H,6-8,10-15H2,1H3;1H. The number of alkyl halides is 3. The molecule has 0 saturated carbocycles. The smallest absolute Gasteiger partial charge is 0.391 e. The van der Waals surface area contributed by atoms with E-state index in [1.165, 1.54) is 10.6 Å². The Balaban J connectivity index is 0.00000274. The number of amides is 1. The van der Waals surface area contributed by atoms with Crippen LogP contribution < -0.4 is 4.90 Å². The Kier molecular flexibility index (Phi) is 5.40. The fourth-order valence-corrected chi connectivity index (χ4v) is 5.66. The Labute approximate surface area is 191 Å². The number of likely N-dealkylation sites (N-methyl/N-ethyl adjacent to an activating group) is 1. The summed E-state index contributed by atoms with van der Waals surface area (Å²) >= 11 is 0. The van der Waals surface area contributed by atoms with E-state index in [9.17, 15) is 23.1 Å². The third kappa shape index (κ3) is 3.69. The van der Waals surface area contributed by atoms with Crippen molar-refractivity contribution in [3.63, 3.8) is 0 Å². The predicted octanol–water partition coefficient (Wildman–Crippen LogP) is 2.80. The van der Waals surface area contributed by atoms with Crippen molar-refractivity contribution in [3.8, 4) is 0 Å². The minimum Gasteiger partial charge on any atom is -0.391 e. The number of likely N-dealkylation sites (tertiary alicyclic amines) is 1. The van der Waals surface area contributed by atoms with Gasteiger partial charge in [0.2, 0.25) is 0 Å². The number of rotatable bonds is 2. The highest BCUT2D eigenvalue weighted by atomic mass is 19.4. The van der Waals surface area contributed by atoms with Crippen LogP contribution >= 0.6 is 0 Å². The van der Waals surface area contributed by atoms with Crippen molar-refractivity contribution in [1.29, 1.82) is 0 Å². The zero-order valence-electron chi connectivity index (χ0n) is 18.6. The minimum absolute atomic E-state index is 0. The molecule has 1 N–H and O–H groups in total. The summed E-state index contributed by atoms with van der Waals surface area (Å²) in [5.74, 6) is 0.456. The van der Waals surface area contributed by atoms with Gasteiger partial charge in [0.15, 0.2) is 0 Å². The highest BCUT2D eigenvalue weighted by molar-refractivity contribution is 5.99. The number of carbonyl (C=O) groups excluding carboxylic acids is 1.